The van der Waals surface area contributed by atoms with E-state index in [1.54, 1.807) is 7.05 Å². The first-order chi connectivity index (χ1) is 7.79. The van der Waals surface area contributed by atoms with Crippen LogP contribution in [0.5, 0.6) is 0 Å². The van der Waals surface area contributed by atoms with Crippen molar-refractivity contribution in [3.8, 4) is 0 Å². The first kappa shape index (κ1) is 11.1. The van der Waals surface area contributed by atoms with Gasteiger partial charge in [-0.1, -0.05) is 30.3 Å². The Morgan fingerprint density at radius 1 is 1.31 bits per heavy atom. The number of amides is 1. The van der Waals surface area contributed by atoms with Gasteiger partial charge in [0.05, 0.1) is 6.54 Å². The lowest BCUT2D eigenvalue weighted by Gasteiger charge is -2.36. The SMILES string of the molecule is CNC(=O)CNC1CC(c2ccccc2)C1. The van der Waals surface area contributed by atoms with E-state index in [1.165, 1.54) is 5.56 Å². The Kier molecular flexibility index (Phi) is 3.57. The van der Waals surface area contributed by atoms with Gasteiger partial charge in [0.2, 0.25) is 5.91 Å². The van der Waals surface area contributed by atoms with Crippen molar-refractivity contribution in [3.63, 3.8) is 0 Å². The maximum atomic E-state index is 11.0. The van der Waals surface area contributed by atoms with Crippen molar-refractivity contribution in [2.75, 3.05) is 13.6 Å². The Morgan fingerprint density at radius 2 is 2.00 bits per heavy atom. The third kappa shape index (κ3) is 2.61. The Hall–Kier alpha value is -1.35. The van der Waals surface area contributed by atoms with Crippen LogP contribution in [0.15, 0.2) is 30.3 Å². The van der Waals surface area contributed by atoms with E-state index in [4.69, 9.17) is 0 Å². The van der Waals surface area contributed by atoms with Gasteiger partial charge in [0, 0.05) is 13.1 Å². The van der Waals surface area contributed by atoms with Gasteiger partial charge in [-0.05, 0) is 24.3 Å². The van der Waals surface area contributed by atoms with Gasteiger partial charge in [0.25, 0.3) is 0 Å². The van der Waals surface area contributed by atoms with Gasteiger partial charge in [-0.25, -0.2) is 0 Å². The highest BCUT2D eigenvalue weighted by Crippen LogP contribution is 2.36. The quantitative estimate of drug-likeness (QED) is 0.799. The molecule has 0 spiro atoms. The molecule has 0 heterocycles. The number of nitrogens with one attached hydrogen (secondary N) is 2. The van der Waals surface area contributed by atoms with Crippen LogP contribution >= 0.6 is 0 Å². The zero-order valence-corrected chi connectivity index (χ0v) is 9.57. The minimum absolute atomic E-state index is 0.0585. The highest BCUT2D eigenvalue weighted by Gasteiger charge is 2.29. The molecule has 1 aliphatic carbocycles. The van der Waals surface area contributed by atoms with Crippen molar-refractivity contribution in [3.05, 3.63) is 35.9 Å². The molecule has 1 amide bonds. The summed E-state index contributed by atoms with van der Waals surface area (Å²) in [5.41, 5.74) is 1.42. The van der Waals surface area contributed by atoms with E-state index in [9.17, 15) is 4.79 Å². The number of carbonyl (C=O) groups excluding carboxylic acids is 1. The van der Waals surface area contributed by atoms with Crippen LogP contribution in [0.2, 0.25) is 0 Å². The molecule has 1 aliphatic rings. The molecule has 3 nitrogen and oxygen atoms in total. The fraction of sp³-hybridized carbons (Fsp3) is 0.462. The lowest BCUT2D eigenvalue weighted by Crippen LogP contribution is -2.44. The molecule has 0 aliphatic heterocycles. The van der Waals surface area contributed by atoms with Crippen LogP contribution in [0.25, 0.3) is 0 Å². The number of benzene rings is 1. The van der Waals surface area contributed by atoms with E-state index >= 15 is 0 Å². The fourth-order valence-electron chi connectivity index (χ4n) is 2.11. The summed E-state index contributed by atoms with van der Waals surface area (Å²) in [6.07, 6.45) is 2.28. The maximum absolute atomic E-state index is 11.0. The molecule has 2 N–H and O–H groups in total. The van der Waals surface area contributed by atoms with Crippen molar-refractivity contribution in [2.24, 2.45) is 0 Å². The Morgan fingerprint density at radius 3 is 2.62 bits per heavy atom. The zero-order valence-electron chi connectivity index (χ0n) is 9.57. The standard InChI is InChI=1S/C13H18N2O/c1-14-13(16)9-15-12-7-11(8-12)10-5-3-2-4-6-10/h2-6,11-12,15H,7-9H2,1H3,(H,14,16). The van der Waals surface area contributed by atoms with E-state index in [-0.39, 0.29) is 5.91 Å². The molecule has 0 radical (unpaired) electrons. The topological polar surface area (TPSA) is 41.1 Å². The first-order valence-corrected chi connectivity index (χ1v) is 5.78. The van der Waals surface area contributed by atoms with Crippen LogP contribution in [0.4, 0.5) is 0 Å². The number of rotatable bonds is 4. The average Bonchev–Trinajstić information content (AvgIpc) is 2.28. The van der Waals surface area contributed by atoms with Crippen LogP contribution in [0.1, 0.15) is 24.3 Å². The van der Waals surface area contributed by atoms with Gasteiger partial charge in [-0.3, -0.25) is 4.79 Å². The Bertz CT molecular complexity index is 344. The van der Waals surface area contributed by atoms with Gasteiger partial charge < -0.3 is 10.6 Å². The summed E-state index contributed by atoms with van der Waals surface area (Å²) in [7, 11) is 1.66. The second kappa shape index (κ2) is 5.12. The molecular formula is C13H18N2O. The maximum Gasteiger partial charge on any atom is 0.233 e. The molecule has 1 aromatic rings. The first-order valence-electron chi connectivity index (χ1n) is 5.78. The minimum atomic E-state index is 0.0585. The predicted molar refractivity (Wildman–Crippen MR) is 64.3 cm³/mol. The van der Waals surface area contributed by atoms with Crippen molar-refractivity contribution >= 4 is 5.91 Å². The largest absolute Gasteiger partial charge is 0.358 e. The number of hydrogen-bond donors (Lipinski definition) is 2. The molecule has 16 heavy (non-hydrogen) atoms. The van der Waals surface area contributed by atoms with E-state index in [0.29, 0.717) is 18.5 Å². The predicted octanol–water partition coefficient (Wildman–Crippen LogP) is 1.27. The van der Waals surface area contributed by atoms with Gasteiger partial charge >= 0.3 is 0 Å². The van der Waals surface area contributed by atoms with Crippen LogP contribution in [0.3, 0.4) is 0 Å². The molecule has 0 saturated heterocycles. The number of hydrogen-bond acceptors (Lipinski definition) is 2. The van der Waals surface area contributed by atoms with E-state index < -0.39 is 0 Å². The highest BCUT2D eigenvalue weighted by molar-refractivity contribution is 5.77. The van der Waals surface area contributed by atoms with Crippen LogP contribution in [0, 0.1) is 0 Å². The second-order valence-electron chi connectivity index (χ2n) is 4.33. The Labute approximate surface area is 96.2 Å². The molecule has 0 aromatic heterocycles. The van der Waals surface area contributed by atoms with E-state index in [0.717, 1.165) is 12.8 Å². The van der Waals surface area contributed by atoms with E-state index in [1.807, 2.05) is 6.07 Å². The average molecular weight is 218 g/mol. The second-order valence-corrected chi connectivity index (χ2v) is 4.33. The normalized spacial score (nSPS) is 23.6. The smallest absolute Gasteiger partial charge is 0.233 e. The van der Waals surface area contributed by atoms with Crippen molar-refractivity contribution < 1.29 is 4.79 Å². The van der Waals surface area contributed by atoms with E-state index in [2.05, 4.69) is 34.9 Å². The van der Waals surface area contributed by atoms with Crippen LogP contribution < -0.4 is 10.6 Å². The molecule has 0 bridgehead atoms. The lowest BCUT2D eigenvalue weighted by atomic mass is 9.76. The van der Waals surface area contributed by atoms with Crippen molar-refractivity contribution in [1.82, 2.24) is 10.6 Å². The van der Waals surface area contributed by atoms with Crippen molar-refractivity contribution in [2.45, 2.75) is 24.8 Å². The van der Waals surface area contributed by atoms with Crippen LogP contribution in [-0.4, -0.2) is 25.5 Å². The Balaban J connectivity index is 1.72. The molecule has 1 fully saturated rings. The molecule has 0 unspecified atom stereocenters. The molecule has 1 aromatic carbocycles. The fourth-order valence-corrected chi connectivity index (χ4v) is 2.11. The number of carbonyl (C=O) groups is 1. The summed E-state index contributed by atoms with van der Waals surface area (Å²) in [6.45, 7) is 0.433. The molecule has 0 atom stereocenters. The molecule has 3 heteroatoms. The van der Waals surface area contributed by atoms with Gasteiger partial charge in [0.1, 0.15) is 0 Å². The van der Waals surface area contributed by atoms with Gasteiger partial charge in [-0.2, -0.15) is 0 Å². The van der Waals surface area contributed by atoms with Crippen LogP contribution in [-0.2, 0) is 4.79 Å². The highest BCUT2D eigenvalue weighted by atomic mass is 16.1. The molecule has 86 valence electrons. The summed E-state index contributed by atoms with van der Waals surface area (Å²) in [5.74, 6) is 0.728. The summed E-state index contributed by atoms with van der Waals surface area (Å²) < 4.78 is 0. The van der Waals surface area contributed by atoms with Gasteiger partial charge in [0.15, 0.2) is 0 Å². The lowest BCUT2D eigenvalue weighted by molar-refractivity contribution is -0.120. The third-order valence-corrected chi connectivity index (χ3v) is 3.24. The monoisotopic (exact) mass is 218 g/mol. The summed E-state index contributed by atoms with van der Waals surface area (Å²) in [5, 5.41) is 5.87. The number of likely N-dealkylation sites (N-methyl/N-ethyl adjacent to an activating group) is 1. The zero-order chi connectivity index (χ0) is 11.4. The minimum Gasteiger partial charge on any atom is -0.358 e. The van der Waals surface area contributed by atoms with Gasteiger partial charge in [-0.15, -0.1) is 0 Å². The third-order valence-electron chi connectivity index (χ3n) is 3.24. The molecule has 1 saturated carbocycles. The molecular weight excluding hydrogens is 200 g/mol. The molecule has 2 rings (SSSR count). The summed E-state index contributed by atoms with van der Waals surface area (Å²) in [4.78, 5) is 11.0. The summed E-state index contributed by atoms with van der Waals surface area (Å²) >= 11 is 0. The summed E-state index contributed by atoms with van der Waals surface area (Å²) in [6, 6.07) is 11.1. The van der Waals surface area contributed by atoms with Crippen molar-refractivity contribution in [1.29, 1.82) is 0 Å².